The van der Waals surface area contributed by atoms with Crippen LogP contribution < -0.4 is 4.74 Å². The van der Waals surface area contributed by atoms with Gasteiger partial charge in [0, 0.05) is 6.07 Å². The van der Waals surface area contributed by atoms with Crippen molar-refractivity contribution in [2.24, 2.45) is 0 Å². The van der Waals surface area contributed by atoms with Crippen molar-refractivity contribution in [2.75, 3.05) is 6.61 Å². The van der Waals surface area contributed by atoms with Gasteiger partial charge in [-0.1, -0.05) is 11.6 Å². The van der Waals surface area contributed by atoms with Crippen LogP contribution in [0.25, 0.3) is 0 Å². The van der Waals surface area contributed by atoms with E-state index in [9.17, 15) is 18.0 Å². The van der Waals surface area contributed by atoms with Crippen molar-refractivity contribution < 1.29 is 27.4 Å². The van der Waals surface area contributed by atoms with Crippen molar-refractivity contribution in [1.29, 1.82) is 0 Å². The minimum absolute atomic E-state index is 0.0284. The van der Waals surface area contributed by atoms with Gasteiger partial charge in [-0.2, -0.15) is 8.78 Å². The van der Waals surface area contributed by atoms with Gasteiger partial charge in [0.15, 0.2) is 0 Å². The van der Waals surface area contributed by atoms with Crippen molar-refractivity contribution in [3.63, 3.8) is 0 Å². The molecule has 0 unspecified atom stereocenters. The molecule has 94 valence electrons. The number of rotatable bonds is 4. The van der Waals surface area contributed by atoms with Gasteiger partial charge in [-0.05, 0) is 13.0 Å². The molecule has 0 aliphatic rings. The van der Waals surface area contributed by atoms with E-state index in [2.05, 4.69) is 9.47 Å². The van der Waals surface area contributed by atoms with Crippen molar-refractivity contribution in [3.05, 3.63) is 28.5 Å². The lowest BCUT2D eigenvalue weighted by Crippen LogP contribution is -2.11. The third-order valence-electron chi connectivity index (χ3n) is 1.71. The number of esters is 1. The van der Waals surface area contributed by atoms with Crippen LogP contribution >= 0.6 is 11.6 Å². The molecular formula is C10H8ClF3O3. The average Bonchev–Trinajstić information content (AvgIpc) is 2.15. The number of alkyl halides is 2. The first-order chi connectivity index (χ1) is 7.95. The van der Waals surface area contributed by atoms with E-state index in [0.29, 0.717) is 6.07 Å². The van der Waals surface area contributed by atoms with Crippen molar-refractivity contribution in [1.82, 2.24) is 0 Å². The van der Waals surface area contributed by atoms with E-state index in [1.54, 1.807) is 0 Å². The van der Waals surface area contributed by atoms with Crippen LogP contribution in [-0.2, 0) is 4.74 Å². The molecule has 0 fully saturated rings. The molecule has 0 spiro atoms. The van der Waals surface area contributed by atoms with Crippen LogP contribution in [0.4, 0.5) is 13.2 Å². The average molecular weight is 269 g/mol. The molecule has 0 aromatic heterocycles. The molecule has 3 nitrogen and oxygen atoms in total. The van der Waals surface area contributed by atoms with Crippen LogP contribution in [-0.4, -0.2) is 19.2 Å². The summed E-state index contributed by atoms with van der Waals surface area (Å²) in [5, 5.41) is -0.348. The van der Waals surface area contributed by atoms with Gasteiger partial charge in [-0.3, -0.25) is 0 Å². The summed E-state index contributed by atoms with van der Waals surface area (Å²) < 4.78 is 45.7. The Kier molecular flexibility index (Phi) is 4.62. The maximum atomic E-state index is 12.9. The lowest BCUT2D eigenvalue weighted by Gasteiger charge is -2.11. The van der Waals surface area contributed by atoms with Gasteiger partial charge >= 0.3 is 12.6 Å². The third kappa shape index (κ3) is 3.52. The van der Waals surface area contributed by atoms with Gasteiger partial charge < -0.3 is 9.47 Å². The zero-order valence-electron chi connectivity index (χ0n) is 8.68. The van der Waals surface area contributed by atoms with E-state index in [-0.39, 0.29) is 11.6 Å². The highest BCUT2D eigenvalue weighted by Gasteiger charge is 2.21. The van der Waals surface area contributed by atoms with Crippen LogP contribution in [0.1, 0.15) is 17.3 Å². The Balaban J connectivity index is 3.20. The maximum absolute atomic E-state index is 12.9. The minimum atomic E-state index is -3.19. The molecule has 1 aromatic carbocycles. The largest absolute Gasteiger partial charge is 0.462 e. The van der Waals surface area contributed by atoms with Crippen LogP contribution in [0.5, 0.6) is 5.75 Å². The second kappa shape index (κ2) is 5.77. The molecule has 0 saturated heterocycles. The molecule has 0 bridgehead atoms. The Labute approximate surface area is 100 Å². The summed E-state index contributed by atoms with van der Waals surface area (Å²) >= 11 is 5.58. The van der Waals surface area contributed by atoms with Crippen LogP contribution in [0, 0.1) is 5.82 Å². The first kappa shape index (κ1) is 13.6. The molecular weight excluding hydrogens is 261 g/mol. The standard InChI is InChI=1S/C10H8ClF3O3/c1-2-16-9(15)8-6(11)3-5(12)4-7(8)17-10(13)14/h3-4,10H,2H2,1H3. The summed E-state index contributed by atoms with van der Waals surface area (Å²) in [6.07, 6.45) is 0. The fraction of sp³-hybridized carbons (Fsp3) is 0.300. The fourth-order valence-corrected chi connectivity index (χ4v) is 1.41. The smallest absolute Gasteiger partial charge is 0.387 e. The maximum Gasteiger partial charge on any atom is 0.387 e. The lowest BCUT2D eigenvalue weighted by atomic mass is 10.2. The summed E-state index contributed by atoms with van der Waals surface area (Å²) in [6.45, 7) is -1.63. The number of carbonyl (C=O) groups excluding carboxylic acids is 1. The molecule has 0 radical (unpaired) electrons. The minimum Gasteiger partial charge on any atom is -0.462 e. The monoisotopic (exact) mass is 268 g/mol. The van der Waals surface area contributed by atoms with E-state index < -0.39 is 29.7 Å². The van der Waals surface area contributed by atoms with Crippen molar-refractivity contribution in [3.8, 4) is 5.75 Å². The lowest BCUT2D eigenvalue weighted by molar-refractivity contribution is -0.0505. The molecule has 0 aliphatic heterocycles. The van der Waals surface area contributed by atoms with E-state index in [4.69, 9.17) is 11.6 Å². The summed E-state index contributed by atoms with van der Waals surface area (Å²) in [4.78, 5) is 11.4. The molecule has 0 N–H and O–H groups in total. The van der Waals surface area contributed by atoms with E-state index >= 15 is 0 Å². The summed E-state index contributed by atoms with van der Waals surface area (Å²) in [6, 6.07) is 1.45. The van der Waals surface area contributed by atoms with Crippen LogP contribution in [0.2, 0.25) is 5.02 Å². The third-order valence-corrected chi connectivity index (χ3v) is 2.01. The zero-order valence-corrected chi connectivity index (χ0v) is 9.43. The summed E-state index contributed by atoms with van der Waals surface area (Å²) in [5.74, 6) is -2.49. The van der Waals surface area contributed by atoms with Gasteiger partial charge in [0.1, 0.15) is 17.1 Å². The Morgan fingerprint density at radius 1 is 1.47 bits per heavy atom. The predicted molar refractivity (Wildman–Crippen MR) is 54.0 cm³/mol. The topological polar surface area (TPSA) is 35.5 Å². The number of halogens is 4. The second-order valence-electron chi connectivity index (χ2n) is 2.86. The predicted octanol–water partition coefficient (Wildman–Crippen LogP) is 3.26. The Morgan fingerprint density at radius 2 is 2.12 bits per heavy atom. The van der Waals surface area contributed by atoms with Gasteiger partial charge in [0.05, 0.1) is 11.6 Å². The Hall–Kier alpha value is -1.43. The molecule has 17 heavy (non-hydrogen) atoms. The van der Waals surface area contributed by atoms with E-state index in [1.165, 1.54) is 6.92 Å². The highest BCUT2D eigenvalue weighted by atomic mass is 35.5. The number of hydrogen-bond donors (Lipinski definition) is 0. The molecule has 0 saturated carbocycles. The van der Waals surface area contributed by atoms with E-state index in [0.717, 1.165) is 6.07 Å². The summed E-state index contributed by atoms with van der Waals surface area (Å²) in [7, 11) is 0. The first-order valence-electron chi connectivity index (χ1n) is 4.56. The van der Waals surface area contributed by atoms with Crippen LogP contribution in [0.3, 0.4) is 0 Å². The first-order valence-corrected chi connectivity index (χ1v) is 4.94. The number of carbonyl (C=O) groups is 1. The van der Waals surface area contributed by atoms with Crippen molar-refractivity contribution in [2.45, 2.75) is 13.5 Å². The molecule has 0 aliphatic carbocycles. The number of hydrogen-bond acceptors (Lipinski definition) is 3. The van der Waals surface area contributed by atoms with Crippen molar-refractivity contribution >= 4 is 17.6 Å². The second-order valence-corrected chi connectivity index (χ2v) is 3.27. The molecule has 0 amide bonds. The Morgan fingerprint density at radius 3 is 2.65 bits per heavy atom. The summed E-state index contributed by atoms with van der Waals surface area (Å²) in [5.41, 5.74) is -0.421. The quantitative estimate of drug-likeness (QED) is 0.786. The van der Waals surface area contributed by atoms with Gasteiger partial charge in [-0.25, -0.2) is 9.18 Å². The number of benzene rings is 1. The molecule has 1 aromatic rings. The highest BCUT2D eigenvalue weighted by molar-refractivity contribution is 6.34. The molecule has 7 heteroatoms. The molecule has 0 heterocycles. The molecule has 0 atom stereocenters. The highest BCUT2D eigenvalue weighted by Crippen LogP contribution is 2.30. The van der Waals surface area contributed by atoms with E-state index in [1.807, 2.05) is 0 Å². The van der Waals surface area contributed by atoms with Crippen LogP contribution in [0.15, 0.2) is 12.1 Å². The van der Waals surface area contributed by atoms with Gasteiger partial charge in [0.25, 0.3) is 0 Å². The Bertz CT molecular complexity index is 424. The normalized spacial score (nSPS) is 10.5. The van der Waals surface area contributed by atoms with Gasteiger partial charge in [-0.15, -0.1) is 0 Å². The SMILES string of the molecule is CCOC(=O)c1c(Cl)cc(F)cc1OC(F)F. The van der Waals surface area contributed by atoms with Gasteiger partial charge in [0.2, 0.25) is 0 Å². The fourth-order valence-electron chi connectivity index (χ4n) is 1.14. The molecule has 1 rings (SSSR count). The zero-order chi connectivity index (χ0) is 13.0. The number of ether oxygens (including phenoxy) is 2.